The lowest BCUT2D eigenvalue weighted by atomic mass is 10.1. The van der Waals surface area contributed by atoms with Crippen LogP contribution in [0.5, 0.6) is 0 Å². The van der Waals surface area contributed by atoms with E-state index in [-0.39, 0.29) is 0 Å². The van der Waals surface area contributed by atoms with Crippen molar-refractivity contribution >= 4 is 0 Å². The van der Waals surface area contributed by atoms with Crippen LogP contribution in [-0.2, 0) is 4.74 Å². The highest BCUT2D eigenvalue weighted by Gasteiger charge is 2.40. The van der Waals surface area contributed by atoms with E-state index in [4.69, 9.17) is 10.00 Å². The molecular formula is C10H16N2O. The monoisotopic (exact) mass is 180 g/mol. The molecule has 0 bridgehead atoms. The predicted molar refractivity (Wildman–Crippen MR) is 49.1 cm³/mol. The fraction of sp³-hybridized carbons (Fsp3) is 0.900. The minimum Gasteiger partial charge on any atom is -0.376 e. The van der Waals surface area contributed by atoms with Crippen LogP contribution >= 0.6 is 0 Å². The molecule has 2 fully saturated rings. The third-order valence-corrected chi connectivity index (χ3v) is 2.87. The number of nitriles is 1. The van der Waals surface area contributed by atoms with Gasteiger partial charge in [-0.25, -0.2) is 0 Å². The van der Waals surface area contributed by atoms with Crippen LogP contribution in [0.2, 0.25) is 0 Å². The molecule has 0 radical (unpaired) electrons. The Morgan fingerprint density at radius 2 is 2.23 bits per heavy atom. The first kappa shape index (κ1) is 8.98. The van der Waals surface area contributed by atoms with Gasteiger partial charge in [0, 0.05) is 25.6 Å². The van der Waals surface area contributed by atoms with Crippen LogP contribution in [0.15, 0.2) is 0 Å². The molecule has 2 aliphatic rings. The second kappa shape index (κ2) is 4.08. The Bertz CT molecular complexity index is 207. The molecule has 1 saturated heterocycles. The third-order valence-electron chi connectivity index (χ3n) is 2.87. The zero-order valence-electron chi connectivity index (χ0n) is 7.83. The minimum atomic E-state index is 0.443. The quantitative estimate of drug-likeness (QED) is 0.658. The lowest BCUT2D eigenvalue weighted by Gasteiger charge is -2.18. The Morgan fingerprint density at radius 3 is 2.92 bits per heavy atom. The maximum atomic E-state index is 8.41. The second-order valence-electron chi connectivity index (χ2n) is 3.93. The largest absolute Gasteiger partial charge is 0.376 e. The molecule has 0 aromatic rings. The first-order chi connectivity index (χ1) is 6.42. The Labute approximate surface area is 79.1 Å². The zero-order valence-corrected chi connectivity index (χ0v) is 7.83. The van der Waals surface area contributed by atoms with Crippen molar-refractivity contribution in [2.75, 3.05) is 13.2 Å². The Morgan fingerprint density at radius 1 is 1.38 bits per heavy atom. The molecule has 1 saturated carbocycles. The average Bonchev–Trinajstić information content (AvgIpc) is 2.88. The van der Waals surface area contributed by atoms with Gasteiger partial charge in [0.15, 0.2) is 0 Å². The van der Waals surface area contributed by atoms with E-state index in [9.17, 15) is 0 Å². The van der Waals surface area contributed by atoms with E-state index in [1.807, 2.05) is 0 Å². The Kier molecular flexibility index (Phi) is 2.82. The average molecular weight is 180 g/mol. The van der Waals surface area contributed by atoms with Gasteiger partial charge in [-0.1, -0.05) is 0 Å². The lowest BCUT2D eigenvalue weighted by molar-refractivity contribution is 0.0813. The molecule has 1 aliphatic carbocycles. The molecule has 13 heavy (non-hydrogen) atoms. The van der Waals surface area contributed by atoms with E-state index < -0.39 is 0 Å². The Balaban J connectivity index is 1.74. The van der Waals surface area contributed by atoms with Crippen LogP contribution in [0.25, 0.3) is 0 Å². The zero-order chi connectivity index (χ0) is 9.10. The van der Waals surface area contributed by atoms with Crippen LogP contribution in [0, 0.1) is 17.2 Å². The van der Waals surface area contributed by atoms with Crippen molar-refractivity contribution in [3.8, 4) is 6.07 Å². The summed E-state index contributed by atoms with van der Waals surface area (Å²) in [6.07, 6.45) is 4.83. The van der Waals surface area contributed by atoms with Gasteiger partial charge >= 0.3 is 0 Å². The SMILES string of the molecule is N#CCCNC1CCOC1C1CC1. The van der Waals surface area contributed by atoms with E-state index in [0.717, 1.165) is 25.5 Å². The summed E-state index contributed by atoms with van der Waals surface area (Å²) in [4.78, 5) is 0. The predicted octanol–water partition coefficient (Wildman–Crippen LogP) is 1.06. The van der Waals surface area contributed by atoms with Crippen LogP contribution in [-0.4, -0.2) is 25.3 Å². The van der Waals surface area contributed by atoms with Gasteiger partial charge in [0.25, 0.3) is 0 Å². The van der Waals surface area contributed by atoms with E-state index in [1.54, 1.807) is 0 Å². The van der Waals surface area contributed by atoms with Crippen molar-refractivity contribution in [2.45, 2.75) is 37.8 Å². The first-order valence-electron chi connectivity index (χ1n) is 5.14. The summed E-state index contributed by atoms with van der Waals surface area (Å²) < 4.78 is 5.67. The van der Waals surface area contributed by atoms with Crippen molar-refractivity contribution < 1.29 is 4.74 Å². The molecule has 0 spiro atoms. The molecule has 72 valence electrons. The van der Waals surface area contributed by atoms with Gasteiger partial charge in [-0.05, 0) is 25.2 Å². The van der Waals surface area contributed by atoms with Gasteiger partial charge in [-0.2, -0.15) is 5.26 Å². The smallest absolute Gasteiger partial charge is 0.0756 e. The van der Waals surface area contributed by atoms with Crippen LogP contribution in [0.4, 0.5) is 0 Å². The van der Waals surface area contributed by atoms with Gasteiger partial charge in [0.05, 0.1) is 12.2 Å². The van der Waals surface area contributed by atoms with Crippen LogP contribution in [0.1, 0.15) is 25.7 Å². The highest BCUT2D eigenvalue weighted by molar-refractivity contribution is 4.93. The highest BCUT2D eigenvalue weighted by atomic mass is 16.5. The normalized spacial score (nSPS) is 33.2. The van der Waals surface area contributed by atoms with E-state index in [1.165, 1.54) is 12.8 Å². The standard InChI is InChI=1S/C10H16N2O/c11-5-1-6-12-9-4-7-13-10(9)8-2-3-8/h8-10,12H,1-4,6-7H2. The third kappa shape index (κ3) is 2.20. The molecule has 1 heterocycles. The fourth-order valence-corrected chi connectivity index (χ4v) is 2.03. The van der Waals surface area contributed by atoms with Gasteiger partial charge < -0.3 is 10.1 Å². The first-order valence-corrected chi connectivity index (χ1v) is 5.14. The van der Waals surface area contributed by atoms with Crippen molar-refractivity contribution in [2.24, 2.45) is 5.92 Å². The second-order valence-corrected chi connectivity index (χ2v) is 3.93. The summed E-state index contributed by atoms with van der Waals surface area (Å²) in [6.45, 7) is 1.71. The summed E-state index contributed by atoms with van der Waals surface area (Å²) >= 11 is 0. The molecule has 3 heteroatoms. The van der Waals surface area contributed by atoms with Gasteiger partial charge in [-0.3, -0.25) is 0 Å². The lowest BCUT2D eigenvalue weighted by Crippen LogP contribution is -2.38. The maximum Gasteiger partial charge on any atom is 0.0756 e. The van der Waals surface area contributed by atoms with Crippen molar-refractivity contribution in [3.05, 3.63) is 0 Å². The molecular weight excluding hydrogens is 164 g/mol. The molecule has 0 amide bonds. The van der Waals surface area contributed by atoms with Gasteiger partial charge in [0.1, 0.15) is 0 Å². The number of rotatable bonds is 4. The number of hydrogen-bond acceptors (Lipinski definition) is 3. The van der Waals surface area contributed by atoms with Crippen molar-refractivity contribution in [1.82, 2.24) is 5.32 Å². The molecule has 0 aromatic heterocycles. The fourth-order valence-electron chi connectivity index (χ4n) is 2.03. The topological polar surface area (TPSA) is 45.0 Å². The van der Waals surface area contributed by atoms with Crippen molar-refractivity contribution in [1.29, 1.82) is 5.26 Å². The number of ether oxygens (including phenoxy) is 1. The number of nitrogens with zero attached hydrogens (tertiary/aromatic N) is 1. The minimum absolute atomic E-state index is 0.443. The molecule has 3 nitrogen and oxygen atoms in total. The Hall–Kier alpha value is -0.590. The molecule has 1 aliphatic heterocycles. The summed E-state index contributed by atoms with van der Waals surface area (Å²) in [7, 11) is 0. The highest BCUT2D eigenvalue weighted by Crippen LogP contribution is 2.38. The van der Waals surface area contributed by atoms with Gasteiger partial charge in [-0.15, -0.1) is 0 Å². The number of hydrogen-bond donors (Lipinski definition) is 1. The number of nitrogens with one attached hydrogen (secondary N) is 1. The maximum absolute atomic E-state index is 8.41. The van der Waals surface area contributed by atoms with Crippen LogP contribution in [0.3, 0.4) is 0 Å². The molecule has 0 aromatic carbocycles. The van der Waals surface area contributed by atoms with E-state index in [2.05, 4.69) is 11.4 Å². The summed E-state index contributed by atoms with van der Waals surface area (Å²) in [5, 5.41) is 11.8. The summed E-state index contributed by atoms with van der Waals surface area (Å²) in [5.74, 6) is 0.807. The summed E-state index contributed by atoms with van der Waals surface area (Å²) in [6, 6.07) is 2.66. The van der Waals surface area contributed by atoms with Crippen molar-refractivity contribution in [3.63, 3.8) is 0 Å². The summed E-state index contributed by atoms with van der Waals surface area (Å²) in [5.41, 5.74) is 0. The molecule has 2 atom stereocenters. The van der Waals surface area contributed by atoms with Gasteiger partial charge in [0.2, 0.25) is 0 Å². The van der Waals surface area contributed by atoms with E-state index >= 15 is 0 Å². The van der Waals surface area contributed by atoms with Crippen LogP contribution < -0.4 is 5.32 Å². The molecule has 1 N–H and O–H groups in total. The molecule has 2 unspecified atom stereocenters. The molecule has 2 rings (SSSR count). The van der Waals surface area contributed by atoms with E-state index in [0.29, 0.717) is 18.6 Å².